The number of hydrogen-bond acceptors (Lipinski definition) is 3. The number of aromatic amines is 2. The van der Waals surface area contributed by atoms with Gasteiger partial charge in [0.15, 0.2) is 0 Å². The number of fused-ring (bicyclic) bond motifs is 1. The van der Waals surface area contributed by atoms with Gasteiger partial charge in [-0.1, -0.05) is 23.7 Å². The number of para-hydroxylation sites is 1. The molecule has 0 radical (unpaired) electrons. The lowest BCUT2D eigenvalue weighted by Gasteiger charge is -2.22. The van der Waals surface area contributed by atoms with Crippen LogP contribution in [-0.2, 0) is 0 Å². The van der Waals surface area contributed by atoms with Gasteiger partial charge in [-0.3, -0.25) is 9.59 Å². The molecule has 1 fully saturated rings. The normalized spacial score (nSPS) is 17.4. The molecule has 1 amide bonds. The number of rotatable bonds is 2. The Hall–Kier alpha value is -2.60. The highest BCUT2D eigenvalue weighted by atomic mass is 35.5. The molecule has 0 bridgehead atoms. The molecule has 7 heteroatoms. The lowest BCUT2D eigenvalue weighted by molar-refractivity contribution is 0.0728. The Kier molecular flexibility index (Phi) is 3.84. The molecule has 0 spiro atoms. The standard InChI is InChI=1S/C18H17ClN4O2/c1-10-4-2-5-13-15(10)22-16(21-13)14-6-3-7-23(14)18(25)12-8-11(19)9-20-17(12)24/h2,4-5,8-9,14H,3,6-7H2,1H3,(H,20,24)(H,21,22). The van der Waals surface area contributed by atoms with Crippen LogP contribution in [0, 0.1) is 6.92 Å². The largest absolute Gasteiger partial charge is 0.340 e. The highest BCUT2D eigenvalue weighted by Gasteiger charge is 2.33. The molecular formula is C18H17ClN4O2. The van der Waals surface area contributed by atoms with Crippen LogP contribution in [0.15, 0.2) is 35.3 Å². The summed E-state index contributed by atoms with van der Waals surface area (Å²) in [5, 5.41) is 0.332. The van der Waals surface area contributed by atoms with E-state index in [0.29, 0.717) is 11.6 Å². The molecule has 128 valence electrons. The number of likely N-dealkylation sites (tertiary alicyclic amines) is 1. The minimum Gasteiger partial charge on any atom is -0.340 e. The molecule has 0 saturated carbocycles. The van der Waals surface area contributed by atoms with Crippen LogP contribution < -0.4 is 5.56 Å². The number of nitrogens with zero attached hydrogens (tertiary/aromatic N) is 2. The van der Waals surface area contributed by atoms with Gasteiger partial charge < -0.3 is 14.9 Å². The SMILES string of the molecule is Cc1cccc2[nH]c(C3CCCN3C(=O)c3cc(Cl)c[nH]c3=O)nc12. The highest BCUT2D eigenvalue weighted by molar-refractivity contribution is 6.30. The van der Waals surface area contributed by atoms with E-state index in [1.54, 1.807) is 4.90 Å². The summed E-state index contributed by atoms with van der Waals surface area (Å²) in [5.41, 5.74) is 2.58. The van der Waals surface area contributed by atoms with Crippen molar-refractivity contribution in [3.8, 4) is 0 Å². The van der Waals surface area contributed by atoms with Crippen LogP contribution in [0.1, 0.15) is 40.6 Å². The number of amides is 1. The Morgan fingerprint density at radius 3 is 3.04 bits per heavy atom. The highest BCUT2D eigenvalue weighted by Crippen LogP contribution is 2.32. The Balaban J connectivity index is 1.72. The molecule has 2 N–H and O–H groups in total. The zero-order chi connectivity index (χ0) is 17.6. The van der Waals surface area contributed by atoms with Crippen molar-refractivity contribution in [3.05, 3.63) is 62.8 Å². The van der Waals surface area contributed by atoms with Gasteiger partial charge >= 0.3 is 0 Å². The van der Waals surface area contributed by atoms with E-state index in [2.05, 4.69) is 9.97 Å². The second kappa shape index (κ2) is 6.04. The van der Waals surface area contributed by atoms with Crippen molar-refractivity contribution in [1.29, 1.82) is 0 Å². The Labute approximate surface area is 148 Å². The minimum atomic E-state index is -0.430. The van der Waals surface area contributed by atoms with Crippen LogP contribution in [0.2, 0.25) is 5.02 Å². The summed E-state index contributed by atoms with van der Waals surface area (Å²) in [4.78, 5) is 37.1. The molecule has 6 nitrogen and oxygen atoms in total. The van der Waals surface area contributed by atoms with Crippen molar-refractivity contribution in [3.63, 3.8) is 0 Å². The van der Waals surface area contributed by atoms with Crippen molar-refractivity contribution in [1.82, 2.24) is 19.9 Å². The van der Waals surface area contributed by atoms with E-state index in [-0.39, 0.29) is 17.5 Å². The summed E-state index contributed by atoms with van der Waals surface area (Å²) in [6, 6.07) is 7.21. The summed E-state index contributed by atoms with van der Waals surface area (Å²) >= 11 is 5.93. The van der Waals surface area contributed by atoms with Crippen LogP contribution in [0.4, 0.5) is 0 Å². The van der Waals surface area contributed by atoms with Gasteiger partial charge in [0.2, 0.25) is 0 Å². The van der Waals surface area contributed by atoms with E-state index in [4.69, 9.17) is 16.6 Å². The Morgan fingerprint density at radius 1 is 1.40 bits per heavy atom. The molecule has 1 aromatic carbocycles. The van der Waals surface area contributed by atoms with Crippen molar-refractivity contribution >= 4 is 28.5 Å². The maximum absolute atomic E-state index is 12.9. The molecular weight excluding hydrogens is 340 g/mol. The summed E-state index contributed by atoms with van der Waals surface area (Å²) in [6.45, 7) is 2.60. The molecule has 1 saturated heterocycles. The van der Waals surface area contributed by atoms with Gasteiger partial charge in [-0.15, -0.1) is 0 Å². The second-order valence-corrected chi connectivity index (χ2v) is 6.75. The number of aryl methyl sites for hydroxylation is 1. The van der Waals surface area contributed by atoms with Crippen LogP contribution in [-0.4, -0.2) is 32.3 Å². The lowest BCUT2D eigenvalue weighted by Crippen LogP contribution is -2.34. The third-order valence-electron chi connectivity index (χ3n) is 4.66. The number of halogens is 1. The number of benzene rings is 1. The molecule has 25 heavy (non-hydrogen) atoms. The number of carbonyl (C=O) groups excluding carboxylic acids is 1. The lowest BCUT2D eigenvalue weighted by atomic mass is 10.2. The summed E-state index contributed by atoms with van der Waals surface area (Å²) in [6.07, 6.45) is 3.05. The zero-order valence-corrected chi connectivity index (χ0v) is 14.4. The van der Waals surface area contributed by atoms with E-state index in [1.807, 2.05) is 25.1 Å². The van der Waals surface area contributed by atoms with Gasteiger partial charge in [-0.2, -0.15) is 0 Å². The predicted octanol–water partition coefficient (Wildman–Crippen LogP) is 3.19. The quantitative estimate of drug-likeness (QED) is 0.739. The van der Waals surface area contributed by atoms with Gasteiger partial charge in [0.05, 0.1) is 22.1 Å². The summed E-state index contributed by atoms with van der Waals surface area (Å²) < 4.78 is 0. The second-order valence-electron chi connectivity index (χ2n) is 6.31. The summed E-state index contributed by atoms with van der Waals surface area (Å²) in [5.74, 6) is 0.442. The van der Waals surface area contributed by atoms with Gasteiger partial charge in [0.25, 0.3) is 11.5 Å². The average molecular weight is 357 g/mol. The fraction of sp³-hybridized carbons (Fsp3) is 0.278. The maximum Gasteiger partial charge on any atom is 0.260 e. The number of pyridine rings is 1. The predicted molar refractivity (Wildman–Crippen MR) is 95.9 cm³/mol. The van der Waals surface area contributed by atoms with Crippen molar-refractivity contribution in [2.24, 2.45) is 0 Å². The van der Waals surface area contributed by atoms with Crippen molar-refractivity contribution < 1.29 is 4.79 Å². The van der Waals surface area contributed by atoms with Gasteiger partial charge in [0.1, 0.15) is 11.4 Å². The van der Waals surface area contributed by atoms with Crippen LogP contribution in [0.5, 0.6) is 0 Å². The van der Waals surface area contributed by atoms with E-state index >= 15 is 0 Å². The minimum absolute atomic E-state index is 0.0618. The van der Waals surface area contributed by atoms with E-state index in [0.717, 1.165) is 35.3 Å². The molecule has 1 aliphatic heterocycles. The van der Waals surface area contributed by atoms with Crippen molar-refractivity contribution in [2.45, 2.75) is 25.8 Å². The van der Waals surface area contributed by atoms with Crippen LogP contribution in [0.3, 0.4) is 0 Å². The molecule has 3 aromatic rings. The van der Waals surface area contributed by atoms with Crippen LogP contribution >= 0.6 is 11.6 Å². The fourth-order valence-corrected chi connectivity index (χ4v) is 3.58. The zero-order valence-electron chi connectivity index (χ0n) is 13.7. The van der Waals surface area contributed by atoms with Gasteiger partial charge in [0, 0.05) is 12.7 Å². The monoisotopic (exact) mass is 356 g/mol. The average Bonchev–Trinajstić information content (AvgIpc) is 3.23. The van der Waals surface area contributed by atoms with Crippen molar-refractivity contribution in [2.75, 3.05) is 6.54 Å². The first-order valence-corrected chi connectivity index (χ1v) is 8.57. The fourth-order valence-electron chi connectivity index (χ4n) is 3.42. The molecule has 1 atom stereocenters. The summed E-state index contributed by atoms with van der Waals surface area (Å²) in [7, 11) is 0. The first-order chi connectivity index (χ1) is 12.0. The number of hydrogen-bond donors (Lipinski definition) is 2. The van der Waals surface area contributed by atoms with E-state index < -0.39 is 5.56 Å². The number of H-pyrrole nitrogens is 2. The smallest absolute Gasteiger partial charge is 0.260 e. The topological polar surface area (TPSA) is 81.9 Å². The maximum atomic E-state index is 12.9. The number of imidazole rings is 1. The first kappa shape index (κ1) is 15.9. The first-order valence-electron chi connectivity index (χ1n) is 8.19. The van der Waals surface area contributed by atoms with E-state index in [1.165, 1.54) is 12.3 Å². The number of aromatic nitrogens is 3. The third-order valence-corrected chi connectivity index (χ3v) is 4.88. The number of carbonyl (C=O) groups is 1. The molecule has 1 aliphatic rings. The molecule has 0 aliphatic carbocycles. The number of nitrogens with one attached hydrogen (secondary N) is 2. The molecule has 4 rings (SSSR count). The molecule has 2 aromatic heterocycles. The molecule has 1 unspecified atom stereocenters. The van der Waals surface area contributed by atoms with E-state index in [9.17, 15) is 9.59 Å². The third kappa shape index (κ3) is 2.72. The Bertz CT molecular complexity index is 1020. The Morgan fingerprint density at radius 2 is 2.24 bits per heavy atom. The molecule has 3 heterocycles. The van der Waals surface area contributed by atoms with Gasteiger partial charge in [-0.05, 0) is 37.5 Å². The van der Waals surface area contributed by atoms with Gasteiger partial charge in [-0.25, -0.2) is 4.98 Å². The van der Waals surface area contributed by atoms with Crippen LogP contribution in [0.25, 0.3) is 11.0 Å².